The van der Waals surface area contributed by atoms with Crippen LogP contribution in [0.5, 0.6) is 0 Å². The van der Waals surface area contributed by atoms with Gasteiger partial charge in [0, 0.05) is 38.3 Å². The van der Waals surface area contributed by atoms with Crippen molar-refractivity contribution in [2.24, 2.45) is 5.73 Å². The zero-order valence-corrected chi connectivity index (χ0v) is 13.5. The quantitative estimate of drug-likeness (QED) is 0.882. The van der Waals surface area contributed by atoms with E-state index in [9.17, 15) is 9.59 Å². The Labute approximate surface area is 140 Å². The number of likely N-dealkylation sites (tertiary alicyclic amines) is 1. The Kier molecular flexibility index (Phi) is 4.57. The maximum atomic E-state index is 12.6. The smallest absolute Gasteiger partial charge is 0.269 e. The van der Waals surface area contributed by atoms with Crippen molar-refractivity contribution < 1.29 is 9.59 Å². The number of pyridine rings is 1. The molecule has 1 aromatic carbocycles. The van der Waals surface area contributed by atoms with E-state index in [1.807, 2.05) is 30.3 Å². The molecule has 6 heteroatoms. The molecule has 1 fully saturated rings. The van der Waals surface area contributed by atoms with E-state index < -0.39 is 0 Å². The third kappa shape index (κ3) is 3.14. The first kappa shape index (κ1) is 16.1. The highest BCUT2D eigenvalue weighted by Gasteiger charge is 2.34. The van der Waals surface area contributed by atoms with Gasteiger partial charge in [0.15, 0.2) is 0 Å². The molecule has 0 aliphatic carbocycles. The van der Waals surface area contributed by atoms with Crippen molar-refractivity contribution in [3.8, 4) is 0 Å². The third-order valence-corrected chi connectivity index (χ3v) is 4.35. The molecule has 6 nitrogen and oxygen atoms in total. The molecular formula is C18H20N4O2. The van der Waals surface area contributed by atoms with Gasteiger partial charge < -0.3 is 16.0 Å². The maximum Gasteiger partial charge on any atom is 0.269 e. The number of rotatable bonds is 3. The molecule has 1 aliphatic rings. The molecule has 0 unspecified atom stereocenters. The number of nitrogens with one attached hydrogen (secondary N) is 1. The molecule has 24 heavy (non-hydrogen) atoms. The van der Waals surface area contributed by atoms with Crippen molar-refractivity contribution in [2.75, 3.05) is 20.1 Å². The van der Waals surface area contributed by atoms with Crippen LogP contribution in [0.15, 0.2) is 48.7 Å². The maximum absolute atomic E-state index is 12.6. The lowest BCUT2D eigenvalue weighted by Gasteiger charge is -2.16. The molecule has 0 saturated carbocycles. The highest BCUT2D eigenvalue weighted by Crippen LogP contribution is 2.27. The monoisotopic (exact) mass is 324 g/mol. The summed E-state index contributed by atoms with van der Waals surface area (Å²) in [6.07, 6.45) is 1.44. The van der Waals surface area contributed by atoms with Crippen LogP contribution in [0.25, 0.3) is 0 Å². The van der Waals surface area contributed by atoms with Gasteiger partial charge in [-0.15, -0.1) is 0 Å². The molecule has 2 amide bonds. The average molecular weight is 324 g/mol. The summed E-state index contributed by atoms with van der Waals surface area (Å²) >= 11 is 0. The lowest BCUT2D eigenvalue weighted by Crippen LogP contribution is -2.32. The van der Waals surface area contributed by atoms with Gasteiger partial charge in [-0.05, 0) is 17.7 Å². The predicted molar refractivity (Wildman–Crippen MR) is 90.7 cm³/mol. The van der Waals surface area contributed by atoms with Gasteiger partial charge >= 0.3 is 0 Å². The SMILES string of the molecule is CNC(=O)c1ccc(C(=O)N2C[C@@H](N)[C@H](c3ccccc3)C2)cn1. The van der Waals surface area contributed by atoms with Gasteiger partial charge in [-0.2, -0.15) is 0 Å². The Morgan fingerprint density at radius 1 is 1.17 bits per heavy atom. The number of amides is 2. The first-order valence-electron chi connectivity index (χ1n) is 7.88. The summed E-state index contributed by atoms with van der Waals surface area (Å²) in [7, 11) is 1.54. The molecular weight excluding hydrogens is 304 g/mol. The molecule has 3 rings (SSSR count). The van der Waals surface area contributed by atoms with Crippen LogP contribution in [-0.2, 0) is 0 Å². The van der Waals surface area contributed by atoms with Crippen molar-refractivity contribution in [1.82, 2.24) is 15.2 Å². The van der Waals surface area contributed by atoms with Crippen LogP contribution >= 0.6 is 0 Å². The van der Waals surface area contributed by atoms with Gasteiger partial charge in [-0.3, -0.25) is 14.6 Å². The summed E-state index contributed by atoms with van der Waals surface area (Å²) in [5, 5.41) is 2.50. The summed E-state index contributed by atoms with van der Waals surface area (Å²) < 4.78 is 0. The lowest BCUT2D eigenvalue weighted by molar-refractivity contribution is 0.0787. The fourth-order valence-electron chi connectivity index (χ4n) is 3.01. The Bertz CT molecular complexity index is 730. The average Bonchev–Trinajstić information content (AvgIpc) is 3.03. The number of carbonyl (C=O) groups is 2. The Hall–Kier alpha value is -2.73. The molecule has 1 aromatic heterocycles. The van der Waals surface area contributed by atoms with Gasteiger partial charge in [0.1, 0.15) is 5.69 Å². The minimum absolute atomic E-state index is 0.0885. The summed E-state index contributed by atoms with van der Waals surface area (Å²) in [6, 6.07) is 13.1. The third-order valence-electron chi connectivity index (χ3n) is 4.35. The number of aromatic nitrogens is 1. The van der Waals surface area contributed by atoms with Crippen LogP contribution < -0.4 is 11.1 Å². The number of nitrogens with two attached hydrogens (primary N) is 1. The highest BCUT2D eigenvalue weighted by molar-refractivity contribution is 5.96. The van der Waals surface area contributed by atoms with Crippen LogP contribution in [0.4, 0.5) is 0 Å². The number of hydrogen-bond donors (Lipinski definition) is 2. The van der Waals surface area contributed by atoms with Gasteiger partial charge in [0.2, 0.25) is 0 Å². The Balaban J connectivity index is 1.73. The molecule has 0 bridgehead atoms. The first-order valence-corrected chi connectivity index (χ1v) is 7.88. The van der Waals surface area contributed by atoms with E-state index in [0.717, 1.165) is 5.56 Å². The van der Waals surface area contributed by atoms with Crippen LogP contribution in [0.2, 0.25) is 0 Å². The number of benzene rings is 1. The summed E-state index contributed by atoms with van der Waals surface area (Å²) in [5.41, 5.74) is 8.13. The second-order valence-corrected chi connectivity index (χ2v) is 5.90. The van der Waals surface area contributed by atoms with E-state index in [2.05, 4.69) is 10.3 Å². The zero-order chi connectivity index (χ0) is 17.1. The minimum Gasteiger partial charge on any atom is -0.354 e. The van der Waals surface area contributed by atoms with E-state index >= 15 is 0 Å². The van der Waals surface area contributed by atoms with Crippen molar-refractivity contribution in [3.05, 3.63) is 65.5 Å². The molecule has 1 saturated heterocycles. The van der Waals surface area contributed by atoms with E-state index in [-0.39, 0.29) is 29.5 Å². The van der Waals surface area contributed by atoms with E-state index in [1.165, 1.54) is 6.20 Å². The van der Waals surface area contributed by atoms with Gasteiger partial charge in [0.05, 0.1) is 5.56 Å². The Morgan fingerprint density at radius 3 is 2.54 bits per heavy atom. The lowest BCUT2D eigenvalue weighted by atomic mass is 9.95. The minimum atomic E-state index is -0.277. The van der Waals surface area contributed by atoms with Crippen LogP contribution in [0.3, 0.4) is 0 Å². The Morgan fingerprint density at radius 2 is 1.92 bits per heavy atom. The largest absolute Gasteiger partial charge is 0.354 e. The first-order chi connectivity index (χ1) is 11.6. The van der Waals surface area contributed by atoms with Crippen molar-refractivity contribution in [2.45, 2.75) is 12.0 Å². The summed E-state index contributed by atoms with van der Waals surface area (Å²) in [6.45, 7) is 1.09. The zero-order valence-electron chi connectivity index (χ0n) is 13.5. The van der Waals surface area contributed by atoms with Crippen LogP contribution in [0, 0.1) is 0 Å². The fraction of sp³-hybridized carbons (Fsp3) is 0.278. The van der Waals surface area contributed by atoms with Crippen molar-refractivity contribution in [1.29, 1.82) is 0 Å². The number of carbonyl (C=O) groups excluding carboxylic acids is 2. The topological polar surface area (TPSA) is 88.3 Å². The van der Waals surface area contributed by atoms with E-state index in [0.29, 0.717) is 18.7 Å². The van der Waals surface area contributed by atoms with E-state index in [1.54, 1.807) is 24.1 Å². The standard InChI is InChI=1S/C18H20N4O2/c1-20-17(23)16-8-7-13(9-21-16)18(24)22-10-14(15(19)11-22)12-5-3-2-4-6-12/h2-9,14-15H,10-11,19H2,1H3,(H,20,23)/t14-,15+/m0/s1. The van der Waals surface area contributed by atoms with E-state index in [4.69, 9.17) is 5.73 Å². The second kappa shape index (κ2) is 6.80. The number of hydrogen-bond acceptors (Lipinski definition) is 4. The number of nitrogens with zero attached hydrogens (tertiary/aromatic N) is 2. The van der Waals surface area contributed by atoms with Gasteiger partial charge in [-0.25, -0.2) is 0 Å². The molecule has 2 heterocycles. The molecule has 1 aliphatic heterocycles. The molecule has 2 aromatic rings. The summed E-state index contributed by atoms with van der Waals surface area (Å²) in [5.74, 6) is -0.255. The molecule has 0 spiro atoms. The van der Waals surface area contributed by atoms with Crippen LogP contribution in [0.1, 0.15) is 32.3 Å². The molecule has 2 atom stereocenters. The molecule has 0 radical (unpaired) electrons. The van der Waals surface area contributed by atoms with Gasteiger partial charge in [-0.1, -0.05) is 30.3 Å². The molecule has 124 valence electrons. The van der Waals surface area contributed by atoms with Crippen LogP contribution in [-0.4, -0.2) is 47.9 Å². The predicted octanol–water partition coefficient (Wildman–Crippen LogP) is 1.01. The van der Waals surface area contributed by atoms with Gasteiger partial charge in [0.25, 0.3) is 11.8 Å². The normalized spacial score (nSPS) is 20.0. The highest BCUT2D eigenvalue weighted by atomic mass is 16.2. The fourth-order valence-corrected chi connectivity index (χ4v) is 3.01. The van der Waals surface area contributed by atoms with Crippen molar-refractivity contribution >= 4 is 11.8 Å². The van der Waals surface area contributed by atoms with Crippen molar-refractivity contribution in [3.63, 3.8) is 0 Å². The molecule has 3 N–H and O–H groups in total. The summed E-state index contributed by atoms with van der Waals surface area (Å²) in [4.78, 5) is 30.0. The second-order valence-electron chi connectivity index (χ2n) is 5.90.